The van der Waals surface area contributed by atoms with Crippen molar-refractivity contribution in [2.45, 2.75) is 6.42 Å². The van der Waals surface area contributed by atoms with Crippen LogP contribution >= 0.6 is 12.2 Å². The summed E-state index contributed by atoms with van der Waals surface area (Å²) in [7, 11) is 6.29. The first-order chi connectivity index (χ1) is 13.1. The van der Waals surface area contributed by atoms with Gasteiger partial charge in [0.2, 0.25) is 0 Å². The summed E-state index contributed by atoms with van der Waals surface area (Å²) in [4.78, 5) is 6.57. The van der Waals surface area contributed by atoms with E-state index >= 15 is 0 Å². The minimum absolute atomic E-state index is 0.816. The van der Waals surface area contributed by atoms with E-state index in [1.165, 1.54) is 10.8 Å². The van der Waals surface area contributed by atoms with Crippen LogP contribution in [0, 0.1) is 0 Å². The first kappa shape index (κ1) is 19.3. The second-order valence-electron chi connectivity index (χ2n) is 7.03. The fraction of sp³-hybridized carbons (Fsp3) is 0.261. The Hall–Kier alpha value is -2.43. The van der Waals surface area contributed by atoms with E-state index in [0.29, 0.717) is 0 Å². The smallest absolute Gasteiger partial charge is 0.180 e. The molecule has 0 saturated carbocycles. The van der Waals surface area contributed by atoms with Gasteiger partial charge in [-0.05, 0) is 62.9 Å². The van der Waals surface area contributed by atoms with Crippen molar-refractivity contribution < 1.29 is 0 Å². The Morgan fingerprint density at radius 2 is 1.44 bits per heavy atom. The molecule has 0 N–H and O–H groups in total. The Bertz CT molecular complexity index is 887. The molecule has 27 heavy (non-hydrogen) atoms. The number of nitrogens with zero attached hydrogens (tertiary/aromatic N) is 3. The first-order valence-corrected chi connectivity index (χ1v) is 9.71. The molecule has 0 aliphatic carbocycles. The third-order valence-electron chi connectivity index (χ3n) is 4.64. The quantitative estimate of drug-likeness (QED) is 0.550. The molecule has 3 aromatic carbocycles. The van der Waals surface area contributed by atoms with Gasteiger partial charge in [-0.3, -0.25) is 4.90 Å². The number of rotatable bonds is 6. The fourth-order valence-electron chi connectivity index (χ4n) is 3.22. The van der Waals surface area contributed by atoms with Crippen LogP contribution in [-0.2, 0) is 0 Å². The summed E-state index contributed by atoms with van der Waals surface area (Å²) in [5.41, 5.74) is 2.20. The van der Waals surface area contributed by atoms with E-state index in [-0.39, 0.29) is 0 Å². The van der Waals surface area contributed by atoms with Crippen molar-refractivity contribution in [2.24, 2.45) is 0 Å². The molecular weight excluding hydrogens is 350 g/mol. The molecule has 0 unspecified atom stereocenters. The largest absolute Gasteiger partial charge is 0.352 e. The van der Waals surface area contributed by atoms with Crippen LogP contribution in [0.3, 0.4) is 0 Å². The van der Waals surface area contributed by atoms with E-state index in [0.717, 1.165) is 36.0 Å². The molecule has 4 heteroatoms. The van der Waals surface area contributed by atoms with Crippen molar-refractivity contribution in [3.05, 3.63) is 72.8 Å². The van der Waals surface area contributed by atoms with E-state index in [4.69, 9.17) is 12.2 Å². The lowest BCUT2D eigenvalue weighted by Crippen LogP contribution is -2.39. The fourth-order valence-corrected chi connectivity index (χ4v) is 3.52. The van der Waals surface area contributed by atoms with Crippen LogP contribution in [0.1, 0.15) is 6.42 Å². The minimum atomic E-state index is 0.816. The Kier molecular flexibility index (Phi) is 6.43. The van der Waals surface area contributed by atoms with Gasteiger partial charge in [0.05, 0.1) is 5.69 Å². The summed E-state index contributed by atoms with van der Waals surface area (Å²) in [6.07, 6.45) is 1.07. The maximum atomic E-state index is 5.94. The van der Waals surface area contributed by atoms with Crippen molar-refractivity contribution >= 4 is 39.5 Å². The molecular formula is C23H27N3S. The maximum absolute atomic E-state index is 5.94. The van der Waals surface area contributed by atoms with E-state index in [1.807, 2.05) is 6.07 Å². The molecule has 0 saturated heterocycles. The predicted octanol–water partition coefficient (Wildman–Crippen LogP) is 5.15. The van der Waals surface area contributed by atoms with Crippen LogP contribution < -0.4 is 4.90 Å². The standard InChI is InChI=1S/C23H27N3S/c1-24(2)17-10-18-25(3)23(27)26(20-13-5-4-6-14-20)22-16-9-12-19-11-7-8-15-21(19)22/h4-9,11-16H,10,17-18H2,1-3H3. The number of thiocarbonyl (C=S) groups is 1. The molecule has 0 fully saturated rings. The van der Waals surface area contributed by atoms with Gasteiger partial charge in [0, 0.05) is 24.7 Å². The molecule has 0 atom stereocenters. The van der Waals surface area contributed by atoms with Gasteiger partial charge in [-0.25, -0.2) is 0 Å². The zero-order valence-electron chi connectivity index (χ0n) is 16.3. The molecule has 0 aromatic heterocycles. The second-order valence-corrected chi connectivity index (χ2v) is 7.40. The third kappa shape index (κ3) is 4.65. The van der Waals surface area contributed by atoms with Crippen LogP contribution in [0.15, 0.2) is 72.8 Å². The summed E-state index contributed by atoms with van der Waals surface area (Å²) in [5.74, 6) is 0. The lowest BCUT2D eigenvalue weighted by Gasteiger charge is -2.32. The van der Waals surface area contributed by atoms with Gasteiger partial charge in [-0.1, -0.05) is 54.6 Å². The second kappa shape index (κ2) is 8.98. The molecule has 0 bridgehead atoms. The number of para-hydroxylation sites is 1. The van der Waals surface area contributed by atoms with Gasteiger partial charge in [-0.2, -0.15) is 0 Å². The summed E-state index contributed by atoms with van der Waals surface area (Å²) in [6.45, 7) is 1.97. The number of fused-ring (bicyclic) bond motifs is 1. The van der Waals surface area contributed by atoms with Gasteiger partial charge in [0.25, 0.3) is 0 Å². The molecule has 0 aliphatic rings. The highest BCUT2D eigenvalue weighted by Gasteiger charge is 2.19. The Morgan fingerprint density at radius 3 is 2.19 bits per heavy atom. The lowest BCUT2D eigenvalue weighted by atomic mass is 10.1. The van der Waals surface area contributed by atoms with Crippen LogP contribution in [0.2, 0.25) is 0 Å². The van der Waals surface area contributed by atoms with E-state index in [9.17, 15) is 0 Å². The zero-order chi connectivity index (χ0) is 19.2. The molecule has 0 radical (unpaired) electrons. The van der Waals surface area contributed by atoms with Crippen molar-refractivity contribution in [1.29, 1.82) is 0 Å². The zero-order valence-corrected chi connectivity index (χ0v) is 17.1. The van der Waals surface area contributed by atoms with E-state index in [2.05, 4.69) is 103 Å². The van der Waals surface area contributed by atoms with Gasteiger partial charge < -0.3 is 9.80 Å². The summed E-state index contributed by atoms with van der Waals surface area (Å²) >= 11 is 5.94. The van der Waals surface area contributed by atoms with Crippen LogP contribution in [0.5, 0.6) is 0 Å². The minimum Gasteiger partial charge on any atom is -0.352 e. The topological polar surface area (TPSA) is 9.72 Å². The van der Waals surface area contributed by atoms with Gasteiger partial charge in [0.1, 0.15) is 0 Å². The number of hydrogen-bond donors (Lipinski definition) is 0. The first-order valence-electron chi connectivity index (χ1n) is 9.30. The molecule has 0 aliphatic heterocycles. The molecule has 0 amide bonds. The Morgan fingerprint density at radius 1 is 0.778 bits per heavy atom. The summed E-state index contributed by atoms with van der Waals surface area (Å²) < 4.78 is 0. The molecule has 0 spiro atoms. The van der Waals surface area contributed by atoms with Gasteiger partial charge in [0.15, 0.2) is 5.11 Å². The summed E-state index contributed by atoms with van der Waals surface area (Å²) in [5, 5.41) is 3.23. The Balaban J connectivity index is 1.98. The normalized spacial score (nSPS) is 11.0. The van der Waals surface area contributed by atoms with Gasteiger partial charge >= 0.3 is 0 Å². The average molecular weight is 378 g/mol. The molecule has 3 rings (SSSR count). The highest BCUT2D eigenvalue weighted by Crippen LogP contribution is 2.33. The van der Waals surface area contributed by atoms with E-state index < -0.39 is 0 Å². The van der Waals surface area contributed by atoms with E-state index in [1.54, 1.807) is 0 Å². The molecule has 3 nitrogen and oxygen atoms in total. The van der Waals surface area contributed by atoms with Crippen molar-refractivity contribution in [1.82, 2.24) is 9.80 Å². The maximum Gasteiger partial charge on any atom is 0.180 e. The van der Waals surface area contributed by atoms with Crippen LogP contribution in [0.4, 0.5) is 11.4 Å². The van der Waals surface area contributed by atoms with Crippen LogP contribution in [-0.4, -0.2) is 49.1 Å². The number of anilines is 2. The summed E-state index contributed by atoms with van der Waals surface area (Å²) in [6, 6.07) is 25.2. The molecule has 0 heterocycles. The average Bonchev–Trinajstić information content (AvgIpc) is 2.69. The van der Waals surface area contributed by atoms with Gasteiger partial charge in [-0.15, -0.1) is 0 Å². The predicted molar refractivity (Wildman–Crippen MR) is 121 cm³/mol. The van der Waals surface area contributed by atoms with Crippen molar-refractivity contribution in [3.63, 3.8) is 0 Å². The van der Waals surface area contributed by atoms with Crippen molar-refractivity contribution in [2.75, 3.05) is 39.1 Å². The highest BCUT2D eigenvalue weighted by atomic mass is 32.1. The Labute approximate surface area is 167 Å². The highest BCUT2D eigenvalue weighted by molar-refractivity contribution is 7.80. The SMILES string of the molecule is CN(C)CCCN(C)C(=S)N(c1ccccc1)c1cccc2ccccc12. The third-order valence-corrected chi connectivity index (χ3v) is 5.13. The lowest BCUT2D eigenvalue weighted by molar-refractivity contribution is 0.370. The van der Waals surface area contributed by atoms with Crippen molar-refractivity contribution in [3.8, 4) is 0 Å². The molecule has 140 valence electrons. The van der Waals surface area contributed by atoms with Crippen LogP contribution in [0.25, 0.3) is 10.8 Å². The monoisotopic (exact) mass is 377 g/mol. The number of hydrogen-bond acceptors (Lipinski definition) is 2. The molecule has 3 aromatic rings. The number of benzene rings is 3.